The molecule has 2 fully saturated rings. The van der Waals surface area contributed by atoms with Crippen LogP contribution in [0.1, 0.15) is 23.1 Å². The van der Waals surface area contributed by atoms with Gasteiger partial charge in [-0.3, -0.25) is 14.8 Å². The maximum atomic E-state index is 13.4. The van der Waals surface area contributed by atoms with Gasteiger partial charge in [0.05, 0.1) is 12.7 Å². The molecule has 138 valence electrons. The van der Waals surface area contributed by atoms with Crippen LogP contribution in [0.5, 0.6) is 0 Å². The molecule has 5 heteroatoms. The Kier molecular flexibility index (Phi) is 5.29. The van der Waals surface area contributed by atoms with Crippen molar-refractivity contribution in [2.75, 3.05) is 26.2 Å². The molecule has 0 N–H and O–H groups in total. The zero-order chi connectivity index (χ0) is 17.9. The summed E-state index contributed by atoms with van der Waals surface area (Å²) >= 11 is 0. The number of ether oxygens (including phenoxy) is 1. The van der Waals surface area contributed by atoms with Crippen LogP contribution >= 0.6 is 0 Å². The minimum absolute atomic E-state index is 0.158. The number of hydrogen-bond donors (Lipinski definition) is 0. The molecular weight excluding hydrogens is 329 g/mol. The number of benzene rings is 1. The average molecular weight is 355 g/mol. The largest absolute Gasteiger partial charge is 0.375 e. The number of halogens is 1. The SMILES string of the molecule is Cc1cc(F)ccc1CN1CC[C@@H]2OCCN(Cc3ccncc3)[C@H]2C1. The number of aromatic nitrogens is 1. The highest BCUT2D eigenvalue weighted by molar-refractivity contribution is 5.26. The lowest BCUT2D eigenvalue weighted by Gasteiger charge is -2.47. The third kappa shape index (κ3) is 3.95. The Balaban J connectivity index is 1.44. The van der Waals surface area contributed by atoms with E-state index >= 15 is 0 Å². The number of aryl methyl sites for hydroxylation is 1. The molecule has 0 spiro atoms. The van der Waals surface area contributed by atoms with Crippen LogP contribution in [0, 0.1) is 12.7 Å². The molecule has 4 rings (SSSR count). The number of nitrogens with zero attached hydrogens (tertiary/aromatic N) is 3. The summed E-state index contributed by atoms with van der Waals surface area (Å²) in [6.07, 6.45) is 5.09. The number of pyridine rings is 1. The van der Waals surface area contributed by atoms with Crippen molar-refractivity contribution in [2.24, 2.45) is 0 Å². The van der Waals surface area contributed by atoms with Gasteiger partial charge in [0.1, 0.15) is 5.82 Å². The number of piperidine rings is 1. The van der Waals surface area contributed by atoms with Crippen molar-refractivity contribution < 1.29 is 9.13 Å². The number of likely N-dealkylation sites (tertiary alicyclic amines) is 1. The fourth-order valence-corrected chi connectivity index (χ4v) is 4.15. The van der Waals surface area contributed by atoms with Gasteiger partial charge in [-0.05, 0) is 54.3 Å². The minimum atomic E-state index is -0.158. The van der Waals surface area contributed by atoms with Gasteiger partial charge in [0.15, 0.2) is 0 Å². The van der Waals surface area contributed by atoms with Crippen LogP contribution in [0.25, 0.3) is 0 Å². The number of morpholine rings is 1. The van der Waals surface area contributed by atoms with Gasteiger partial charge < -0.3 is 4.74 Å². The second kappa shape index (κ2) is 7.82. The molecule has 1 aromatic heterocycles. The lowest BCUT2D eigenvalue weighted by Crippen LogP contribution is -2.59. The highest BCUT2D eigenvalue weighted by Gasteiger charge is 2.36. The second-order valence-electron chi connectivity index (χ2n) is 7.40. The lowest BCUT2D eigenvalue weighted by molar-refractivity contribution is -0.107. The molecule has 0 radical (unpaired) electrons. The second-order valence-corrected chi connectivity index (χ2v) is 7.40. The first-order valence-electron chi connectivity index (χ1n) is 9.41. The van der Waals surface area contributed by atoms with E-state index in [0.29, 0.717) is 12.1 Å². The monoisotopic (exact) mass is 355 g/mol. The average Bonchev–Trinajstić information content (AvgIpc) is 2.65. The van der Waals surface area contributed by atoms with Crippen LogP contribution in [-0.2, 0) is 17.8 Å². The minimum Gasteiger partial charge on any atom is -0.375 e. The number of fused-ring (bicyclic) bond motifs is 1. The van der Waals surface area contributed by atoms with E-state index in [1.165, 1.54) is 11.1 Å². The van der Waals surface area contributed by atoms with E-state index in [0.717, 1.165) is 51.3 Å². The third-order valence-corrected chi connectivity index (χ3v) is 5.62. The summed E-state index contributed by atoms with van der Waals surface area (Å²) in [4.78, 5) is 9.15. The standard InChI is InChI=1S/C21H26FN3O/c1-16-12-19(22)3-2-18(16)14-24-9-6-21-20(15-24)25(10-11-26-21)13-17-4-7-23-8-5-17/h2-5,7-8,12,20-21H,6,9-11,13-15H2,1H3/t20-,21-/m0/s1. The van der Waals surface area contributed by atoms with Crippen molar-refractivity contribution in [1.29, 1.82) is 0 Å². The van der Waals surface area contributed by atoms with Gasteiger partial charge in [0, 0.05) is 51.2 Å². The van der Waals surface area contributed by atoms with Crippen molar-refractivity contribution in [2.45, 2.75) is 38.6 Å². The molecule has 3 heterocycles. The quantitative estimate of drug-likeness (QED) is 0.843. The Morgan fingerprint density at radius 2 is 2.00 bits per heavy atom. The fourth-order valence-electron chi connectivity index (χ4n) is 4.15. The molecule has 2 atom stereocenters. The van der Waals surface area contributed by atoms with Crippen LogP contribution in [0.4, 0.5) is 4.39 Å². The normalized spacial score (nSPS) is 24.4. The summed E-state index contributed by atoms with van der Waals surface area (Å²) in [5, 5.41) is 0. The van der Waals surface area contributed by atoms with Gasteiger partial charge in [-0.15, -0.1) is 0 Å². The summed E-state index contributed by atoms with van der Waals surface area (Å²) < 4.78 is 19.4. The van der Waals surface area contributed by atoms with Crippen LogP contribution in [0.15, 0.2) is 42.7 Å². The molecule has 26 heavy (non-hydrogen) atoms. The summed E-state index contributed by atoms with van der Waals surface area (Å²) in [5.41, 5.74) is 3.54. The highest BCUT2D eigenvalue weighted by Crippen LogP contribution is 2.26. The molecule has 4 nitrogen and oxygen atoms in total. The van der Waals surface area contributed by atoms with Gasteiger partial charge in [0.2, 0.25) is 0 Å². The van der Waals surface area contributed by atoms with Crippen molar-refractivity contribution in [1.82, 2.24) is 14.8 Å². The smallest absolute Gasteiger partial charge is 0.123 e. The molecule has 2 aliphatic heterocycles. The third-order valence-electron chi connectivity index (χ3n) is 5.62. The Bertz CT molecular complexity index is 739. The molecule has 0 saturated carbocycles. The van der Waals surface area contributed by atoms with E-state index in [9.17, 15) is 4.39 Å². The molecule has 0 unspecified atom stereocenters. The van der Waals surface area contributed by atoms with E-state index in [1.54, 1.807) is 12.1 Å². The Morgan fingerprint density at radius 1 is 1.15 bits per heavy atom. The molecule has 0 amide bonds. The van der Waals surface area contributed by atoms with Crippen molar-refractivity contribution in [3.05, 3.63) is 65.2 Å². The van der Waals surface area contributed by atoms with Crippen LogP contribution < -0.4 is 0 Å². The zero-order valence-electron chi connectivity index (χ0n) is 15.3. The van der Waals surface area contributed by atoms with Crippen LogP contribution in [0.2, 0.25) is 0 Å². The van der Waals surface area contributed by atoms with Crippen molar-refractivity contribution in [3.63, 3.8) is 0 Å². The summed E-state index contributed by atoms with van der Waals surface area (Å²) in [6, 6.07) is 9.70. The molecular formula is C21H26FN3O. The Hall–Kier alpha value is -1.82. The molecule has 2 aromatic rings. The van der Waals surface area contributed by atoms with Gasteiger partial charge >= 0.3 is 0 Å². The van der Waals surface area contributed by atoms with Gasteiger partial charge in [-0.1, -0.05) is 6.07 Å². The lowest BCUT2D eigenvalue weighted by atomic mass is 9.97. The maximum Gasteiger partial charge on any atom is 0.123 e. The van der Waals surface area contributed by atoms with E-state index in [2.05, 4.69) is 26.9 Å². The van der Waals surface area contributed by atoms with E-state index in [-0.39, 0.29) is 5.82 Å². The fraction of sp³-hybridized carbons (Fsp3) is 0.476. The number of hydrogen-bond acceptors (Lipinski definition) is 4. The van der Waals surface area contributed by atoms with Crippen LogP contribution in [-0.4, -0.2) is 53.2 Å². The summed E-state index contributed by atoms with van der Waals surface area (Å²) in [6.45, 7) is 7.60. The van der Waals surface area contributed by atoms with Crippen molar-refractivity contribution >= 4 is 0 Å². The van der Waals surface area contributed by atoms with E-state index < -0.39 is 0 Å². The first kappa shape index (κ1) is 17.6. The number of rotatable bonds is 4. The molecule has 0 aliphatic carbocycles. The van der Waals surface area contributed by atoms with Crippen LogP contribution in [0.3, 0.4) is 0 Å². The Labute approximate surface area is 154 Å². The topological polar surface area (TPSA) is 28.6 Å². The van der Waals surface area contributed by atoms with Crippen molar-refractivity contribution in [3.8, 4) is 0 Å². The summed E-state index contributed by atoms with van der Waals surface area (Å²) in [7, 11) is 0. The van der Waals surface area contributed by atoms with Gasteiger partial charge in [-0.2, -0.15) is 0 Å². The Morgan fingerprint density at radius 3 is 2.81 bits per heavy atom. The van der Waals surface area contributed by atoms with E-state index in [1.807, 2.05) is 25.4 Å². The zero-order valence-corrected chi connectivity index (χ0v) is 15.3. The van der Waals surface area contributed by atoms with Gasteiger partial charge in [0.25, 0.3) is 0 Å². The molecule has 0 bridgehead atoms. The van der Waals surface area contributed by atoms with Gasteiger partial charge in [-0.25, -0.2) is 4.39 Å². The molecule has 1 aromatic carbocycles. The highest BCUT2D eigenvalue weighted by atomic mass is 19.1. The predicted octanol–water partition coefficient (Wildman–Crippen LogP) is 3.00. The van der Waals surface area contributed by atoms with E-state index in [4.69, 9.17) is 4.74 Å². The predicted molar refractivity (Wildman–Crippen MR) is 99.2 cm³/mol. The first-order chi connectivity index (χ1) is 12.7. The summed E-state index contributed by atoms with van der Waals surface area (Å²) in [5.74, 6) is -0.158. The maximum absolute atomic E-state index is 13.4. The molecule has 2 saturated heterocycles. The molecule has 2 aliphatic rings. The first-order valence-corrected chi connectivity index (χ1v) is 9.41.